The summed E-state index contributed by atoms with van der Waals surface area (Å²) in [5, 5.41) is 10.1. The van der Waals surface area contributed by atoms with Crippen LogP contribution in [-0.4, -0.2) is 37.9 Å². The number of benzene rings is 1. The zero-order chi connectivity index (χ0) is 18.4. The van der Waals surface area contributed by atoms with Gasteiger partial charge in [0.15, 0.2) is 5.82 Å². The Balaban J connectivity index is 1.58. The summed E-state index contributed by atoms with van der Waals surface area (Å²) >= 11 is 1.29. The van der Waals surface area contributed by atoms with E-state index in [2.05, 4.69) is 25.5 Å². The maximum atomic E-state index is 12.4. The fraction of sp³-hybridized carbons (Fsp3) is 0.222. The topological polar surface area (TPSA) is 92.8 Å². The first-order valence-electron chi connectivity index (χ1n) is 8.19. The van der Waals surface area contributed by atoms with Gasteiger partial charge < -0.3 is 10.1 Å². The van der Waals surface area contributed by atoms with Crippen molar-refractivity contribution in [3.63, 3.8) is 0 Å². The number of aromatic amines is 1. The molecule has 26 heavy (non-hydrogen) atoms. The third-order valence-electron chi connectivity index (χ3n) is 3.50. The molecule has 2 aromatic heterocycles. The molecule has 0 radical (unpaired) electrons. The zero-order valence-electron chi connectivity index (χ0n) is 14.5. The number of anilines is 1. The van der Waals surface area contributed by atoms with E-state index in [4.69, 9.17) is 4.74 Å². The first-order chi connectivity index (χ1) is 12.7. The van der Waals surface area contributed by atoms with E-state index in [9.17, 15) is 4.79 Å². The molecule has 134 valence electrons. The Morgan fingerprint density at radius 3 is 2.65 bits per heavy atom. The fourth-order valence-electron chi connectivity index (χ4n) is 2.19. The molecule has 3 aromatic rings. The van der Waals surface area contributed by atoms with Crippen LogP contribution in [0.1, 0.15) is 13.8 Å². The van der Waals surface area contributed by atoms with Crippen molar-refractivity contribution in [2.45, 2.75) is 24.3 Å². The minimum Gasteiger partial charge on any atom is -0.494 e. The summed E-state index contributed by atoms with van der Waals surface area (Å²) in [6.07, 6.45) is 3.38. The molecule has 8 heteroatoms. The van der Waals surface area contributed by atoms with Crippen molar-refractivity contribution < 1.29 is 9.53 Å². The number of thioether (sulfide) groups is 1. The zero-order valence-corrected chi connectivity index (χ0v) is 15.3. The summed E-state index contributed by atoms with van der Waals surface area (Å²) in [6.45, 7) is 4.35. The molecule has 0 spiro atoms. The standard InChI is InChI=1S/C18H19N5O2S/c1-3-25-15-6-4-14(5-7-15)20-17(24)12(2)26-18-21-16(22-23-18)13-8-10-19-11-9-13/h4-12H,3H2,1-2H3,(H,20,24)(H,21,22,23)/t12-/m0/s1. The maximum Gasteiger partial charge on any atom is 0.237 e. The Bertz CT molecular complexity index is 852. The number of pyridine rings is 1. The van der Waals surface area contributed by atoms with Gasteiger partial charge in [-0.3, -0.25) is 14.9 Å². The second-order valence-electron chi connectivity index (χ2n) is 5.41. The molecule has 1 atom stereocenters. The van der Waals surface area contributed by atoms with Gasteiger partial charge in [-0.2, -0.15) is 0 Å². The molecule has 0 saturated heterocycles. The van der Waals surface area contributed by atoms with Crippen LogP contribution in [0, 0.1) is 0 Å². The highest BCUT2D eigenvalue weighted by Gasteiger charge is 2.17. The van der Waals surface area contributed by atoms with E-state index in [-0.39, 0.29) is 11.2 Å². The van der Waals surface area contributed by atoms with E-state index in [1.165, 1.54) is 11.8 Å². The highest BCUT2D eigenvalue weighted by molar-refractivity contribution is 8.00. The van der Waals surface area contributed by atoms with Gasteiger partial charge in [0, 0.05) is 23.6 Å². The summed E-state index contributed by atoms with van der Waals surface area (Å²) in [4.78, 5) is 20.8. The van der Waals surface area contributed by atoms with E-state index in [0.717, 1.165) is 17.0 Å². The van der Waals surface area contributed by atoms with Crippen molar-refractivity contribution in [1.82, 2.24) is 20.2 Å². The molecule has 3 rings (SSSR count). The minimum atomic E-state index is -0.345. The van der Waals surface area contributed by atoms with Gasteiger partial charge in [0.2, 0.25) is 11.1 Å². The van der Waals surface area contributed by atoms with Crippen LogP contribution in [0.5, 0.6) is 5.75 Å². The number of H-pyrrole nitrogens is 1. The predicted octanol–water partition coefficient (Wildman–Crippen LogP) is 3.38. The van der Waals surface area contributed by atoms with Gasteiger partial charge in [-0.15, -0.1) is 5.10 Å². The number of aromatic nitrogens is 4. The average molecular weight is 369 g/mol. The normalized spacial score (nSPS) is 11.8. The first-order valence-corrected chi connectivity index (χ1v) is 9.07. The molecular weight excluding hydrogens is 350 g/mol. The lowest BCUT2D eigenvalue weighted by Crippen LogP contribution is -2.22. The number of carbonyl (C=O) groups is 1. The number of amides is 1. The smallest absolute Gasteiger partial charge is 0.237 e. The second kappa shape index (κ2) is 8.48. The maximum absolute atomic E-state index is 12.4. The highest BCUT2D eigenvalue weighted by atomic mass is 32.2. The third kappa shape index (κ3) is 4.60. The predicted molar refractivity (Wildman–Crippen MR) is 101 cm³/mol. The van der Waals surface area contributed by atoms with E-state index in [1.807, 2.05) is 50.2 Å². The quantitative estimate of drug-likeness (QED) is 0.620. The lowest BCUT2D eigenvalue weighted by Gasteiger charge is -2.10. The fourth-order valence-corrected chi connectivity index (χ4v) is 2.92. The summed E-state index contributed by atoms with van der Waals surface area (Å²) in [5.74, 6) is 1.31. The third-order valence-corrected chi connectivity index (χ3v) is 4.46. The molecule has 7 nitrogen and oxygen atoms in total. The van der Waals surface area contributed by atoms with Crippen LogP contribution in [0.25, 0.3) is 11.4 Å². The molecule has 1 amide bonds. The summed E-state index contributed by atoms with van der Waals surface area (Å²) in [7, 11) is 0. The van der Waals surface area contributed by atoms with Crippen molar-refractivity contribution in [3.05, 3.63) is 48.8 Å². The summed E-state index contributed by atoms with van der Waals surface area (Å²) < 4.78 is 5.39. The van der Waals surface area contributed by atoms with Gasteiger partial charge in [0.25, 0.3) is 0 Å². The van der Waals surface area contributed by atoms with Crippen LogP contribution < -0.4 is 10.1 Å². The van der Waals surface area contributed by atoms with E-state index < -0.39 is 0 Å². The highest BCUT2D eigenvalue weighted by Crippen LogP contribution is 2.24. The van der Waals surface area contributed by atoms with Crippen molar-refractivity contribution in [3.8, 4) is 17.1 Å². The Morgan fingerprint density at radius 2 is 1.96 bits per heavy atom. The molecular formula is C18H19N5O2S. The van der Waals surface area contributed by atoms with Crippen LogP contribution in [-0.2, 0) is 4.79 Å². The van der Waals surface area contributed by atoms with Gasteiger partial charge in [-0.25, -0.2) is 4.98 Å². The van der Waals surface area contributed by atoms with Crippen LogP contribution >= 0.6 is 11.8 Å². The number of hydrogen-bond donors (Lipinski definition) is 2. The van der Waals surface area contributed by atoms with Crippen molar-refractivity contribution in [2.75, 3.05) is 11.9 Å². The minimum absolute atomic E-state index is 0.116. The Hall–Kier alpha value is -2.87. The van der Waals surface area contributed by atoms with Gasteiger partial charge in [-0.05, 0) is 50.2 Å². The molecule has 0 bridgehead atoms. The number of hydrogen-bond acceptors (Lipinski definition) is 6. The van der Waals surface area contributed by atoms with E-state index >= 15 is 0 Å². The molecule has 2 heterocycles. The van der Waals surface area contributed by atoms with Crippen LogP contribution in [0.4, 0.5) is 5.69 Å². The number of nitrogens with one attached hydrogen (secondary N) is 2. The van der Waals surface area contributed by atoms with Crippen LogP contribution in [0.3, 0.4) is 0 Å². The molecule has 0 fully saturated rings. The van der Waals surface area contributed by atoms with Gasteiger partial charge in [0.1, 0.15) is 5.75 Å². The van der Waals surface area contributed by atoms with Gasteiger partial charge in [0.05, 0.1) is 11.9 Å². The second-order valence-corrected chi connectivity index (χ2v) is 6.72. The summed E-state index contributed by atoms with van der Waals surface area (Å²) in [5.41, 5.74) is 1.62. The SMILES string of the molecule is CCOc1ccc(NC(=O)[C@H](C)Sc2n[nH]c(-c3ccncc3)n2)cc1. The Labute approximate surface area is 155 Å². The molecule has 2 N–H and O–H groups in total. The van der Waals surface area contributed by atoms with Crippen LogP contribution in [0.15, 0.2) is 53.9 Å². The molecule has 0 aliphatic carbocycles. The van der Waals surface area contributed by atoms with Crippen molar-refractivity contribution in [2.24, 2.45) is 0 Å². The monoisotopic (exact) mass is 369 g/mol. The molecule has 0 aliphatic heterocycles. The molecule has 0 saturated carbocycles. The Morgan fingerprint density at radius 1 is 1.23 bits per heavy atom. The van der Waals surface area contributed by atoms with Gasteiger partial charge >= 0.3 is 0 Å². The molecule has 0 aliphatic rings. The Kier molecular flexibility index (Phi) is 5.85. The number of ether oxygens (including phenoxy) is 1. The number of rotatable bonds is 7. The largest absolute Gasteiger partial charge is 0.494 e. The lowest BCUT2D eigenvalue weighted by molar-refractivity contribution is -0.115. The lowest BCUT2D eigenvalue weighted by atomic mass is 10.3. The van der Waals surface area contributed by atoms with Crippen molar-refractivity contribution >= 4 is 23.4 Å². The molecule has 0 unspecified atom stereocenters. The molecule has 1 aromatic carbocycles. The average Bonchev–Trinajstić information content (AvgIpc) is 3.13. The van der Waals surface area contributed by atoms with Crippen LogP contribution in [0.2, 0.25) is 0 Å². The van der Waals surface area contributed by atoms with E-state index in [0.29, 0.717) is 17.6 Å². The van der Waals surface area contributed by atoms with Crippen molar-refractivity contribution in [1.29, 1.82) is 0 Å². The first kappa shape index (κ1) is 17.9. The van der Waals surface area contributed by atoms with Gasteiger partial charge in [-0.1, -0.05) is 11.8 Å². The number of carbonyl (C=O) groups excluding carboxylic acids is 1. The summed E-state index contributed by atoms with van der Waals surface area (Å²) in [6, 6.07) is 11.0. The number of nitrogens with zero attached hydrogens (tertiary/aromatic N) is 3. The van der Waals surface area contributed by atoms with E-state index in [1.54, 1.807) is 12.4 Å².